The molecule has 39 heavy (non-hydrogen) atoms. The van der Waals surface area contributed by atoms with E-state index in [2.05, 4.69) is 20.3 Å². The van der Waals surface area contributed by atoms with Gasteiger partial charge in [-0.25, -0.2) is 15.0 Å². The van der Waals surface area contributed by atoms with Gasteiger partial charge in [-0.1, -0.05) is 0 Å². The van der Waals surface area contributed by atoms with E-state index in [1.807, 2.05) is 0 Å². The molecule has 0 amide bonds. The lowest BCUT2D eigenvalue weighted by Gasteiger charge is -2.16. The Morgan fingerprint density at radius 3 is 2.41 bits per heavy atom. The molecule has 0 unspecified atom stereocenters. The first-order valence-electron chi connectivity index (χ1n) is 11.5. The van der Waals surface area contributed by atoms with Crippen LogP contribution in [0.5, 0.6) is 11.5 Å². The van der Waals surface area contributed by atoms with Gasteiger partial charge in [-0.15, -0.1) is 0 Å². The Morgan fingerprint density at radius 2 is 1.85 bits per heavy atom. The van der Waals surface area contributed by atoms with Crippen molar-refractivity contribution in [2.45, 2.75) is 25.6 Å². The number of methoxy groups -OCH3 is 2. The zero-order valence-corrected chi connectivity index (χ0v) is 21.6. The zero-order valence-electron chi connectivity index (χ0n) is 21.6. The molecule has 0 aliphatic heterocycles. The molecule has 0 saturated carbocycles. The van der Waals surface area contributed by atoms with Crippen LogP contribution in [0.25, 0.3) is 28.2 Å². The summed E-state index contributed by atoms with van der Waals surface area (Å²) in [5.74, 6) is 0.891. The zero-order chi connectivity index (χ0) is 28.9. The van der Waals surface area contributed by atoms with Gasteiger partial charge in [-0.3, -0.25) is 4.79 Å². The lowest BCUT2D eigenvalue weighted by molar-refractivity contribution is -0.152. The number of aliphatic hydroxyl groups excluding tert-OH is 1. The Kier molecular flexibility index (Phi) is 8.91. The third-order valence-electron chi connectivity index (χ3n) is 5.63. The van der Waals surface area contributed by atoms with Crippen LogP contribution < -0.4 is 26.1 Å². The number of ether oxygens (including phenoxy) is 2. The number of benzene rings is 1. The smallest absolute Gasteiger partial charge is 0.391 e. The van der Waals surface area contributed by atoms with Crippen LogP contribution in [0.2, 0.25) is 0 Å². The number of anilines is 1. The minimum atomic E-state index is -4.52. The fourth-order valence-electron chi connectivity index (χ4n) is 3.65. The van der Waals surface area contributed by atoms with Crippen molar-refractivity contribution < 1.29 is 27.8 Å². The molecule has 0 radical (unpaired) electrons. The second kappa shape index (κ2) is 11.9. The molecule has 0 spiro atoms. The second-order valence-electron chi connectivity index (χ2n) is 8.52. The number of aryl methyl sites for hydroxylation is 1. The summed E-state index contributed by atoms with van der Waals surface area (Å²) in [6, 6.07) is 4.90. The van der Waals surface area contributed by atoms with Crippen molar-refractivity contribution >= 4 is 17.6 Å². The van der Waals surface area contributed by atoms with Gasteiger partial charge in [0.15, 0.2) is 5.82 Å². The molecule has 2 heterocycles. The van der Waals surface area contributed by atoms with E-state index in [0.29, 0.717) is 17.1 Å². The van der Waals surface area contributed by atoms with Crippen LogP contribution in [0.1, 0.15) is 19.0 Å². The van der Waals surface area contributed by atoms with Gasteiger partial charge in [0.05, 0.1) is 38.6 Å². The van der Waals surface area contributed by atoms with Gasteiger partial charge >= 0.3 is 6.18 Å². The Hall–Kier alpha value is -4.46. The monoisotopic (exact) mass is 547 g/mol. The van der Waals surface area contributed by atoms with Gasteiger partial charge in [-0.2, -0.15) is 13.2 Å². The van der Waals surface area contributed by atoms with Gasteiger partial charge in [-0.05, 0) is 19.1 Å². The molecule has 0 bridgehead atoms. The summed E-state index contributed by atoms with van der Waals surface area (Å²) in [6.45, 7) is 1.13. The number of hydrogen-bond donors (Lipinski definition) is 4. The molecule has 3 rings (SSSR count). The maximum Gasteiger partial charge on any atom is 0.391 e. The molecule has 3 aromatic rings. The number of aromatic nitrogens is 4. The summed E-state index contributed by atoms with van der Waals surface area (Å²) < 4.78 is 49.5. The summed E-state index contributed by atoms with van der Waals surface area (Å²) >= 11 is 0. The Balaban J connectivity index is 2.05. The van der Waals surface area contributed by atoms with E-state index in [9.17, 15) is 23.1 Å². The van der Waals surface area contributed by atoms with Crippen LogP contribution in [0.3, 0.4) is 0 Å². The minimum Gasteiger partial charge on any atom is -0.497 e. The van der Waals surface area contributed by atoms with Crippen LogP contribution in [-0.2, 0) is 7.05 Å². The highest BCUT2D eigenvalue weighted by Gasteiger charge is 2.31. The van der Waals surface area contributed by atoms with Crippen molar-refractivity contribution in [3.8, 4) is 34.1 Å². The lowest BCUT2D eigenvalue weighted by atomic mass is 10.1. The molecule has 14 heteroatoms. The van der Waals surface area contributed by atoms with Crippen LogP contribution in [-0.4, -0.2) is 63.9 Å². The molecular weight excluding hydrogens is 519 g/mol. The number of aliphatic hydroxyl groups is 1. The van der Waals surface area contributed by atoms with Gasteiger partial charge in [0.1, 0.15) is 28.6 Å². The maximum absolute atomic E-state index is 13.0. The van der Waals surface area contributed by atoms with E-state index in [0.717, 1.165) is 6.21 Å². The maximum atomic E-state index is 13.0. The van der Waals surface area contributed by atoms with Crippen molar-refractivity contribution in [2.75, 3.05) is 26.5 Å². The van der Waals surface area contributed by atoms with Crippen molar-refractivity contribution in [3.63, 3.8) is 0 Å². The predicted molar refractivity (Wildman–Crippen MR) is 140 cm³/mol. The molecule has 5 N–H and O–H groups in total. The molecule has 0 fully saturated rings. The first kappa shape index (κ1) is 29.1. The van der Waals surface area contributed by atoms with Crippen molar-refractivity contribution in [2.24, 2.45) is 7.05 Å². The van der Waals surface area contributed by atoms with Gasteiger partial charge in [0, 0.05) is 48.9 Å². The molecule has 0 saturated heterocycles. The van der Waals surface area contributed by atoms with Crippen LogP contribution >= 0.6 is 0 Å². The SMILES string of the molecule is COc1cc(OC)cc(-c2nc(-c3nc(/C(C=N)=C(\C)NC[C@H](O)CC(F)(F)F)cnc3N)cn(C)c2=O)c1. The number of nitrogens with two attached hydrogens (primary N) is 1. The summed E-state index contributed by atoms with van der Waals surface area (Å²) in [4.78, 5) is 26.1. The first-order chi connectivity index (χ1) is 18.4. The lowest BCUT2D eigenvalue weighted by Crippen LogP contribution is -2.30. The number of nitrogen functional groups attached to an aromatic ring is 1. The number of halogens is 3. The molecule has 11 nitrogen and oxygen atoms in total. The Bertz CT molecular complexity index is 1430. The average Bonchev–Trinajstić information content (AvgIpc) is 2.88. The molecular formula is C25H28F3N7O4. The summed E-state index contributed by atoms with van der Waals surface area (Å²) in [5, 5.41) is 20.2. The molecule has 208 valence electrons. The van der Waals surface area contributed by atoms with E-state index in [1.54, 1.807) is 18.2 Å². The highest BCUT2D eigenvalue weighted by Crippen LogP contribution is 2.29. The predicted octanol–water partition coefficient (Wildman–Crippen LogP) is 2.79. The number of hydrogen-bond acceptors (Lipinski definition) is 10. The van der Waals surface area contributed by atoms with Crippen molar-refractivity contribution in [1.82, 2.24) is 24.8 Å². The molecule has 2 aromatic heterocycles. The number of allylic oxidation sites excluding steroid dienone is 2. The highest BCUT2D eigenvalue weighted by molar-refractivity contribution is 6.08. The topological polar surface area (TPSA) is 161 Å². The van der Waals surface area contributed by atoms with E-state index < -0.39 is 30.8 Å². The molecule has 0 aliphatic carbocycles. The minimum absolute atomic E-state index is 0.00499. The number of rotatable bonds is 10. The Morgan fingerprint density at radius 1 is 1.21 bits per heavy atom. The van der Waals surface area contributed by atoms with Gasteiger partial charge in [0.25, 0.3) is 5.56 Å². The van der Waals surface area contributed by atoms with E-state index in [1.165, 1.54) is 45.2 Å². The fourth-order valence-corrected chi connectivity index (χ4v) is 3.65. The first-order valence-corrected chi connectivity index (χ1v) is 11.5. The average molecular weight is 548 g/mol. The van der Waals surface area contributed by atoms with Crippen LogP contribution in [0, 0.1) is 5.41 Å². The second-order valence-corrected chi connectivity index (χ2v) is 8.52. The number of nitrogens with one attached hydrogen (secondary N) is 2. The summed E-state index contributed by atoms with van der Waals surface area (Å²) in [5.41, 5.74) is 7.16. The van der Waals surface area contributed by atoms with Crippen molar-refractivity contribution in [3.05, 3.63) is 52.3 Å². The van der Waals surface area contributed by atoms with Gasteiger partial charge in [0.2, 0.25) is 0 Å². The quantitative estimate of drug-likeness (QED) is 0.280. The molecule has 0 aliphatic rings. The van der Waals surface area contributed by atoms with Crippen LogP contribution in [0.15, 0.2) is 41.1 Å². The van der Waals surface area contributed by atoms with Gasteiger partial charge < -0.3 is 35.6 Å². The largest absolute Gasteiger partial charge is 0.497 e. The molecule has 1 aromatic carbocycles. The van der Waals surface area contributed by atoms with E-state index >= 15 is 0 Å². The third-order valence-corrected chi connectivity index (χ3v) is 5.63. The van der Waals surface area contributed by atoms with Crippen LogP contribution in [0.4, 0.5) is 19.0 Å². The highest BCUT2D eigenvalue weighted by atomic mass is 19.4. The summed E-state index contributed by atoms with van der Waals surface area (Å²) in [7, 11) is 4.49. The Labute approximate surface area is 221 Å². The third kappa shape index (κ3) is 7.10. The fraction of sp³-hybridized carbons (Fsp3) is 0.320. The summed E-state index contributed by atoms with van der Waals surface area (Å²) in [6.07, 6.45) is -3.89. The number of alkyl halides is 3. The molecule has 1 atom stereocenters. The standard InChI is InChI=1S/C25H28F3N7O4/c1-13(31-10-15(36)8-25(26,27)28)18(9-29)19-11-32-23(30)22(33-19)20-12-35(2)24(37)21(34-20)14-5-16(38-3)7-17(6-14)39-4/h5-7,9,11-12,15,29,31,36H,8,10H2,1-4H3,(H2,30,32)/b18-13+,29-9?/t15-/m1/s1. The number of nitrogens with zero attached hydrogens (tertiary/aromatic N) is 4. The van der Waals surface area contributed by atoms with E-state index in [4.69, 9.17) is 20.6 Å². The van der Waals surface area contributed by atoms with E-state index in [-0.39, 0.29) is 39.9 Å². The normalized spacial score (nSPS) is 12.9. The van der Waals surface area contributed by atoms with Crippen molar-refractivity contribution in [1.29, 1.82) is 5.41 Å².